The predicted octanol–water partition coefficient (Wildman–Crippen LogP) is 8.94. The van der Waals surface area contributed by atoms with E-state index in [1.54, 1.807) is 0 Å². The van der Waals surface area contributed by atoms with Crippen LogP contribution in [0.5, 0.6) is 0 Å². The number of allylic oxidation sites excluding steroid dienone is 10. The lowest BCUT2D eigenvalue weighted by atomic mass is 9.85. The van der Waals surface area contributed by atoms with Crippen molar-refractivity contribution in [1.29, 1.82) is 0 Å². The molecule has 0 heterocycles. The number of hydrogen-bond acceptors (Lipinski definition) is 12. The number of carbonyl (C=O) groups excluding carboxylic acids is 2. The second-order valence-corrected chi connectivity index (χ2v) is 17.3. The summed E-state index contributed by atoms with van der Waals surface area (Å²) in [6, 6.07) is 0. The monoisotopic (exact) mass is 885 g/mol. The van der Waals surface area contributed by atoms with Gasteiger partial charge in [-0.3, -0.25) is 18.6 Å². The third kappa shape index (κ3) is 29.5. The Morgan fingerprint density at radius 3 is 1.41 bits per heavy atom. The molecule has 1 fully saturated rings. The summed E-state index contributed by atoms with van der Waals surface area (Å²) in [6.45, 7) is 3.13. The Morgan fingerprint density at radius 1 is 0.525 bits per heavy atom. The first kappa shape index (κ1) is 56.6. The highest BCUT2D eigenvalue weighted by molar-refractivity contribution is 7.47. The Kier molecular flexibility index (Phi) is 34.3. The van der Waals surface area contributed by atoms with Crippen LogP contribution in [0.15, 0.2) is 60.8 Å². The van der Waals surface area contributed by atoms with E-state index >= 15 is 0 Å². The number of phosphoric acid groups is 1. The van der Waals surface area contributed by atoms with Crippen molar-refractivity contribution in [2.75, 3.05) is 13.2 Å². The van der Waals surface area contributed by atoms with Crippen molar-refractivity contribution in [3.05, 3.63) is 60.8 Å². The summed E-state index contributed by atoms with van der Waals surface area (Å²) in [4.78, 5) is 35.7. The van der Waals surface area contributed by atoms with Crippen LogP contribution < -0.4 is 0 Å². The summed E-state index contributed by atoms with van der Waals surface area (Å²) < 4.78 is 33.5. The fourth-order valence-electron chi connectivity index (χ4n) is 6.68. The van der Waals surface area contributed by atoms with Crippen LogP contribution in [0.4, 0.5) is 0 Å². The first-order valence-electron chi connectivity index (χ1n) is 23.1. The van der Waals surface area contributed by atoms with Crippen molar-refractivity contribution in [1.82, 2.24) is 0 Å². The number of esters is 2. The van der Waals surface area contributed by atoms with E-state index in [9.17, 15) is 44.6 Å². The van der Waals surface area contributed by atoms with E-state index in [2.05, 4.69) is 62.5 Å². The van der Waals surface area contributed by atoms with Crippen LogP contribution in [-0.2, 0) is 32.7 Å². The molecule has 8 atom stereocenters. The van der Waals surface area contributed by atoms with E-state index in [-0.39, 0.29) is 12.8 Å². The molecule has 0 aliphatic heterocycles. The van der Waals surface area contributed by atoms with Gasteiger partial charge in [0.2, 0.25) is 0 Å². The summed E-state index contributed by atoms with van der Waals surface area (Å²) in [6.07, 6.45) is 31.4. The van der Waals surface area contributed by atoms with Crippen LogP contribution in [0.25, 0.3) is 0 Å². The highest BCUT2D eigenvalue weighted by Gasteiger charge is 2.51. The molecule has 6 N–H and O–H groups in total. The number of phosphoric ester groups is 1. The third-order valence-electron chi connectivity index (χ3n) is 10.4. The molecule has 1 rings (SSSR count). The molecule has 1 saturated carbocycles. The zero-order valence-electron chi connectivity index (χ0n) is 37.2. The average molecular weight is 885 g/mol. The van der Waals surface area contributed by atoms with Crippen molar-refractivity contribution in [2.45, 2.75) is 211 Å². The zero-order valence-corrected chi connectivity index (χ0v) is 38.1. The third-order valence-corrected chi connectivity index (χ3v) is 11.4. The van der Waals surface area contributed by atoms with Crippen molar-refractivity contribution in [2.24, 2.45) is 0 Å². The van der Waals surface area contributed by atoms with Crippen LogP contribution in [0, 0.1) is 0 Å². The van der Waals surface area contributed by atoms with E-state index in [1.165, 1.54) is 64.2 Å². The number of carbonyl (C=O) groups is 2. The van der Waals surface area contributed by atoms with Gasteiger partial charge in [0.05, 0.1) is 6.61 Å². The van der Waals surface area contributed by atoms with Crippen LogP contribution in [0.2, 0.25) is 0 Å². The Labute approximate surface area is 366 Å². The predicted molar refractivity (Wildman–Crippen MR) is 239 cm³/mol. The molecule has 13 nitrogen and oxygen atoms in total. The van der Waals surface area contributed by atoms with Gasteiger partial charge in [0.1, 0.15) is 43.2 Å². The Morgan fingerprint density at radius 2 is 0.934 bits per heavy atom. The number of aliphatic hydroxyl groups is 5. The molecule has 0 bridgehead atoms. The molecule has 352 valence electrons. The minimum atomic E-state index is -5.13. The highest BCUT2D eigenvalue weighted by Crippen LogP contribution is 2.47. The lowest BCUT2D eigenvalue weighted by molar-refractivity contribution is -0.220. The quantitative estimate of drug-likeness (QED) is 0.0149. The lowest BCUT2D eigenvalue weighted by Crippen LogP contribution is -2.64. The Balaban J connectivity index is 2.50. The maximum Gasteiger partial charge on any atom is 0.472 e. The molecular formula is C47H81O13P. The maximum absolute atomic E-state index is 12.8. The molecular weight excluding hydrogens is 803 g/mol. The molecule has 61 heavy (non-hydrogen) atoms. The molecule has 14 heteroatoms. The van der Waals surface area contributed by atoms with Gasteiger partial charge in [-0.15, -0.1) is 0 Å². The number of hydrogen-bond donors (Lipinski definition) is 6. The van der Waals surface area contributed by atoms with E-state index in [1.807, 2.05) is 12.2 Å². The SMILES string of the molecule is CC/C=C/C/C=C/C/C=C/C/C=C/C/C=C/CCCC(=O)OC[C@@H](COP(=O)(O)OC1C(O)C(O)C(O)[C@H](O)C1O)OC(=O)CCCCCCCCCCCCCCCCC. The average Bonchev–Trinajstić information content (AvgIpc) is 3.24. The lowest BCUT2D eigenvalue weighted by Gasteiger charge is -2.41. The molecule has 0 aromatic heterocycles. The highest BCUT2D eigenvalue weighted by atomic mass is 31.2. The van der Waals surface area contributed by atoms with E-state index < -0.39 is 75.7 Å². The zero-order chi connectivity index (χ0) is 45.0. The van der Waals surface area contributed by atoms with Gasteiger partial charge in [-0.25, -0.2) is 4.57 Å². The summed E-state index contributed by atoms with van der Waals surface area (Å²) >= 11 is 0. The standard InChI is InChI=1S/C47H81O13P/c1-3-5-7-9-11-13-15-17-19-20-22-23-25-27-29-31-33-35-40(48)57-37-39(38-58-61(55,56)60-47-45(53)43(51)42(50)44(52)46(47)54)59-41(49)36-34-32-30-28-26-24-21-18-16-14-12-10-8-6-4-2/h5,7,11,13,17,19,22-23,27,29,39,42-47,50-54H,3-4,6,8-10,12,14-16,18,20-21,24-26,28,30-38H2,1-2H3,(H,55,56)/b7-5+,13-11+,19-17+,23-22+,29-27+/t39-,42?,43-,44?,45?,46?,47?/m0/s1. The molecule has 6 unspecified atom stereocenters. The van der Waals surface area contributed by atoms with Crippen molar-refractivity contribution in [3.8, 4) is 0 Å². The van der Waals surface area contributed by atoms with Crippen LogP contribution in [0.1, 0.15) is 168 Å². The number of unbranched alkanes of at least 4 members (excludes halogenated alkanes) is 15. The van der Waals surface area contributed by atoms with Gasteiger partial charge in [0, 0.05) is 12.8 Å². The normalized spacial score (nSPS) is 22.6. The van der Waals surface area contributed by atoms with Gasteiger partial charge >= 0.3 is 19.8 Å². The fraction of sp³-hybridized carbons (Fsp3) is 0.745. The number of aliphatic hydroxyl groups excluding tert-OH is 5. The Bertz CT molecular complexity index is 1300. The van der Waals surface area contributed by atoms with Gasteiger partial charge in [-0.05, 0) is 51.4 Å². The van der Waals surface area contributed by atoms with Gasteiger partial charge in [0.15, 0.2) is 6.10 Å². The van der Waals surface area contributed by atoms with Gasteiger partial charge in [0.25, 0.3) is 0 Å². The van der Waals surface area contributed by atoms with Gasteiger partial charge in [-0.2, -0.15) is 0 Å². The molecule has 0 radical (unpaired) electrons. The van der Waals surface area contributed by atoms with Gasteiger partial charge < -0.3 is 39.9 Å². The molecule has 0 saturated heterocycles. The van der Waals surface area contributed by atoms with E-state index in [4.69, 9.17) is 18.5 Å². The fourth-order valence-corrected chi connectivity index (χ4v) is 7.65. The first-order valence-corrected chi connectivity index (χ1v) is 24.6. The smallest absolute Gasteiger partial charge is 0.462 e. The summed E-state index contributed by atoms with van der Waals surface area (Å²) in [5.74, 6) is -1.17. The van der Waals surface area contributed by atoms with Crippen molar-refractivity contribution < 1.29 is 63.1 Å². The molecule has 0 amide bonds. The van der Waals surface area contributed by atoms with Crippen molar-refractivity contribution >= 4 is 19.8 Å². The summed E-state index contributed by atoms with van der Waals surface area (Å²) in [5, 5.41) is 50.1. The molecule has 1 aliphatic rings. The van der Waals surface area contributed by atoms with E-state index in [0.29, 0.717) is 19.3 Å². The van der Waals surface area contributed by atoms with E-state index in [0.717, 1.165) is 57.8 Å². The van der Waals surface area contributed by atoms with Crippen LogP contribution in [0.3, 0.4) is 0 Å². The molecule has 0 aromatic carbocycles. The second-order valence-electron chi connectivity index (χ2n) is 15.9. The topological polar surface area (TPSA) is 210 Å². The van der Waals surface area contributed by atoms with Gasteiger partial charge in [-0.1, -0.05) is 164 Å². The van der Waals surface area contributed by atoms with Crippen LogP contribution in [-0.4, -0.2) is 98.3 Å². The molecule has 0 aromatic rings. The Hall–Kier alpha value is -2.45. The largest absolute Gasteiger partial charge is 0.472 e. The minimum absolute atomic E-state index is 0.0851. The maximum atomic E-state index is 12.8. The van der Waals surface area contributed by atoms with Crippen LogP contribution >= 0.6 is 7.82 Å². The number of ether oxygens (including phenoxy) is 2. The first-order chi connectivity index (χ1) is 29.4. The summed E-state index contributed by atoms with van der Waals surface area (Å²) in [7, 11) is -5.13. The molecule has 1 aliphatic carbocycles. The number of rotatable bonds is 37. The van der Waals surface area contributed by atoms with Crippen molar-refractivity contribution in [3.63, 3.8) is 0 Å². The second kappa shape index (κ2) is 37.0. The molecule has 0 spiro atoms. The summed E-state index contributed by atoms with van der Waals surface area (Å²) in [5.41, 5.74) is 0. The minimum Gasteiger partial charge on any atom is -0.462 e.